The number of halogens is 1. The number of hydrogen-bond donors (Lipinski definition) is 1. The molecule has 0 aliphatic rings. The Labute approximate surface area is 121 Å². The SMILES string of the molecule is C=C/C=C(\c1ccccc1)[C@H](O)c1cccc(Br)n1. The maximum Gasteiger partial charge on any atom is 0.122 e. The minimum atomic E-state index is -0.780. The van der Waals surface area contributed by atoms with Gasteiger partial charge in [0.2, 0.25) is 0 Å². The fraction of sp³-hybridized carbons (Fsp3) is 0.0625. The Morgan fingerprint density at radius 2 is 1.89 bits per heavy atom. The number of aliphatic hydroxyl groups is 1. The van der Waals surface area contributed by atoms with Gasteiger partial charge in [0.25, 0.3) is 0 Å². The Kier molecular flexibility index (Phi) is 4.66. The van der Waals surface area contributed by atoms with E-state index in [9.17, 15) is 5.11 Å². The molecule has 1 aromatic heterocycles. The molecule has 0 bridgehead atoms. The van der Waals surface area contributed by atoms with Crippen molar-refractivity contribution in [2.24, 2.45) is 0 Å². The predicted molar refractivity (Wildman–Crippen MR) is 81.5 cm³/mol. The van der Waals surface area contributed by atoms with Crippen molar-refractivity contribution >= 4 is 21.5 Å². The molecule has 2 rings (SSSR count). The quantitative estimate of drug-likeness (QED) is 0.679. The van der Waals surface area contributed by atoms with Gasteiger partial charge in [0.15, 0.2) is 0 Å². The Bertz CT molecular complexity index is 593. The van der Waals surface area contributed by atoms with Crippen molar-refractivity contribution in [1.82, 2.24) is 4.98 Å². The lowest BCUT2D eigenvalue weighted by atomic mass is 9.97. The highest BCUT2D eigenvalue weighted by molar-refractivity contribution is 9.10. The molecule has 2 nitrogen and oxygen atoms in total. The van der Waals surface area contributed by atoms with Gasteiger partial charge in [0, 0.05) is 0 Å². The van der Waals surface area contributed by atoms with Crippen LogP contribution < -0.4 is 0 Å². The van der Waals surface area contributed by atoms with Gasteiger partial charge in [-0.05, 0) is 39.2 Å². The zero-order valence-electron chi connectivity index (χ0n) is 10.3. The molecule has 19 heavy (non-hydrogen) atoms. The summed E-state index contributed by atoms with van der Waals surface area (Å²) in [5, 5.41) is 10.5. The van der Waals surface area contributed by atoms with Crippen LogP contribution in [0.4, 0.5) is 0 Å². The highest BCUT2D eigenvalue weighted by Crippen LogP contribution is 2.29. The largest absolute Gasteiger partial charge is 0.382 e. The van der Waals surface area contributed by atoms with Gasteiger partial charge >= 0.3 is 0 Å². The Hall–Kier alpha value is -1.71. The molecule has 0 saturated carbocycles. The van der Waals surface area contributed by atoms with E-state index in [-0.39, 0.29) is 0 Å². The first kappa shape index (κ1) is 13.7. The maximum absolute atomic E-state index is 10.5. The van der Waals surface area contributed by atoms with Gasteiger partial charge in [0.1, 0.15) is 10.7 Å². The smallest absolute Gasteiger partial charge is 0.122 e. The highest BCUT2D eigenvalue weighted by Gasteiger charge is 2.16. The molecule has 1 heterocycles. The van der Waals surface area contributed by atoms with Crippen molar-refractivity contribution in [3.8, 4) is 0 Å². The molecule has 2 aromatic rings. The van der Waals surface area contributed by atoms with Gasteiger partial charge in [-0.2, -0.15) is 0 Å². The number of nitrogens with zero attached hydrogens (tertiary/aromatic N) is 1. The molecular formula is C16H14BrNO. The monoisotopic (exact) mass is 315 g/mol. The molecular weight excluding hydrogens is 302 g/mol. The molecule has 0 fully saturated rings. The lowest BCUT2D eigenvalue weighted by molar-refractivity contribution is 0.233. The third-order valence-corrected chi connectivity index (χ3v) is 3.16. The minimum absolute atomic E-state index is 0.603. The van der Waals surface area contributed by atoms with Crippen LogP contribution in [0.25, 0.3) is 5.57 Å². The summed E-state index contributed by atoms with van der Waals surface area (Å²) in [4.78, 5) is 4.29. The van der Waals surface area contributed by atoms with Crippen LogP contribution in [0.1, 0.15) is 17.4 Å². The molecule has 0 aliphatic carbocycles. The summed E-state index contributed by atoms with van der Waals surface area (Å²) in [5.41, 5.74) is 2.34. The number of rotatable bonds is 4. The topological polar surface area (TPSA) is 33.1 Å². The summed E-state index contributed by atoms with van der Waals surface area (Å²) in [7, 11) is 0. The molecule has 0 unspecified atom stereocenters. The van der Waals surface area contributed by atoms with E-state index >= 15 is 0 Å². The van der Waals surface area contributed by atoms with Crippen LogP contribution in [0.15, 0.2) is 71.9 Å². The molecule has 0 aliphatic heterocycles. The molecule has 1 N–H and O–H groups in total. The van der Waals surface area contributed by atoms with Crippen molar-refractivity contribution < 1.29 is 5.11 Å². The van der Waals surface area contributed by atoms with Crippen molar-refractivity contribution in [3.63, 3.8) is 0 Å². The third-order valence-electron chi connectivity index (χ3n) is 2.72. The van der Waals surface area contributed by atoms with Crippen molar-refractivity contribution in [3.05, 3.63) is 83.1 Å². The number of aliphatic hydroxyl groups excluding tert-OH is 1. The molecule has 96 valence electrons. The lowest BCUT2D eigenvalue weighted by Crippen LogP contribution is -2.03. The second-order valence-electron chi connectivity index (χ2n) is 4.01. The first-order valence-corrected chi connectivity index (χ1v) is 6.70. The van der Waals surface area contributed by atoms with E-state index in [1.807, 2.05) is 48.5 Å². The van der Waals surface area contributed by atoms with Gasteiger partial charge in [-0.3, -0.25) is 0 Å². The Balaban J connectivity index is 2.41. The minimum Gasteiger partial charge on any atom is -0.382 e. The summed E-state index contributed by atoms with van der Waals surface area (Å²) in [6, 6.07) is 15.2. The molecule has 0 radical (unpaired) electrons. The third kappa shape index (κ3) is 3.40. The van der Waals surface area contributed by atoms with E-state index in [4.69, 9.17) is 0 Å². The highest BCUT2D eigenvalue weighted by atomic mass is 79.9. The fourth-order valence-electron chi connectivity index (χ4n) is 1.84. The Morgan fingerprint density at radius 1 is 1.16 bits per heavy atom. The van der Waals surface area contributed by atoms with Crippen LogP contribution in [0.2, 0.25) is 0 Å². The van der Waals surface area contributed by atoms with Crippen LogP contribution in [0, 0.1) is 0 Å². The normalized spacial score (nSPS) is 13.1. The van der Waals surface area contributed by atoms with Gasteiger partial charge in [-0.15, -0.1) is 0 Å². The second kappa shape index (κ2) is 6.45. The number of pyridine rings is 1. The second-order valence-corrected chi connectivity index (χ2v) is 4.82. The first-order valence-electron chi connectivity index (χ1n) is 5.91. The average molecular weight is 316 g/mol. The zero-order chi connectivity index (χ0) is 13.7. The van der Waals surface area contributed by atoms with E-state index in [0.29, 0.717) is 10.3 Å². The van der Waals surface area contributed by atoms with Gasteiger partial charge in [0.05, 0.1) is 5.69 Å². The average Bonchev–Trinajstić information content (AvgIpc) is 2.45. The van der Waals surface area contributed by atoms with Gasteiger partial charge in [-0.1, -0.05) is 55.1 Å². The number of allylic oxidation sites excluding steroid dienone is 2. The summed E-state index contributed by atoms with van der Waals surface area (Å²) in [6.45, 7) is 3.70. The summed E-state index contributed by atoms with van der Waals surface area (Å²) in [5.74, 6) is 0. The lowest BCUT2D eigenvalue weighted by Gasteiger charge is -2.15. The molecule has 0 saturated heterocycles. The van der Waals surface area contributed by atoms with E-state index < -0.39 is 6.10 Å². The van der Waals surface area contributed by atoms with E-state index in [0.717, 1.165) is 11.1 Å². The molecule has 0 spiro atoms. The molecule has 0 amide bonds. The fourth-order valence-corrected chi connectivity index (χ4v) is 2.20. The maximum atomic E-state index is 10.5. The van der Waals surface area contributed by atoms with E-state index in [1.165, 1.54) is 0 Å². The van der Waals surface area contributed by atoms with Crippen LogP contribution in [-0.4, -0.2) is 10.1 Å². The Morgan fingerprint density at radius 3 is 2.53 bits per heavy atom. The van der Waals surface area contributed by atoms with Crippen molar-refractivity contribution in [2.75, 3.05) is 0 Å². The van der Waals surface area contributed by atoms with Crippen LogP contribution in [0.3, 0.4) is 0 Å². The predicted octanol–water partition coefficient (Wildman–Crippen LogP) is 4.15. The van der Waals surface area contributed by atoms with Crippen molar-refractivity contribution in [2.45, 2.75) is 6.10 Å². The summed E-state index contributed by atoms with van der Waals surface area (Å²) < 4.78 is 0.704. The zero-order valence-corrected chi connectivity index (χ0v) is 11.9. The van der Waals surface area contributed by atoms with Gasteiger partial charge < -0.3 is 5.11 Å². The summed E-state index contributed by atoms with van der Waals surface area (Å²) >= 11 is 3.31. The van der Waals surface area contributed by atoms with Gasteiger partial charge in [-0.25, -0.2) is 4.98 Å². The van der Waals surface area contributed by atoms with Crippen molar-refractivity contribution in [1.29, 1.82) is 0 Å². The molecule has 1 aromatic carbocycles. The molecule has 1 atom stereocenters. The van der Waals surface area contributed by atoms with E-state index in [2.05, 4.69) is 27.5 Å². The molecule has 3 heteroatoms. The number of aromatic nitrogens is 1. The number of hydrogen-bond acceptors (Lipinski definition) is 2. The van der Waals surface area contributed by atoms with E-state index in [1.54, 1.807) is 12.1 Å². The van der Waals surface area contributed by atoms with Crippen LogP contribution in [-0.2, 0) is 0 Å². The standard InChI is InChI=1S/C16H14BrNO/c1-2-7-13(12-8-4-3-5-9-12)16(19)14-10-6-11-15(17)18-14/h2-11,16,19H,1H2/b13-7+/t16-/m0/s1. The summed E-state index contributed by atoms with van der Waals surface area (Å²) in [6.07, 6.45) is 2.70. The van der Waals surface area contributed by atoms with Crippen LogP contribution in [0.5, 0.6) is 0 Å². The van der Waals surface area contributed by atoms with Crippen LogP contribution >= 0.6 is 15.9 Å². The first-order chi connectivity index (χ1) is 9.22. The number of benzene rings is 1.